The van der Waals surface area contributed by atoms with E-state index in [0.29, 0.717) is 0 Å². The van der Waals surface area contributed by atoms with E-state index in [-0.39, 0.29) is 5.60 Å². The fourth-order valence-electron chi connectivity index (χ4n) is 2.48. The molecule has 0 saturated carbocycles. The number of nitrogens with one attached hydrogen (secondary N) is 1. The van der Waals surface area contributed by atoms with Gasteiger partial charge in [0.25, 0.3) is 0 Å². The molecule has 1 N–H and O–H groups in total. The average molecular weight is 189 g/mol. The van der Waals surface area contributed by atoms with Crippen LogP contribution in [0, 0.1) is 0 Å². The van der Waals surface area contributed by atoms with E-state index >= 15 is 0 Å². The molecule has 1 aromatic rings. The average Bonchev–Trinajstić information content (AvgIpc) is 2.66. The van der Waals surface area contributed by atoms with E-state index in [1.54, 1.807) is 0 Å². The first-order chi connectivity index (χ1) is 6.88. The van der Waals surface area contributed by atoms with Crippen molar-refractivity contribution >= 4 is 0 Å². The highest BCUT2D eigenvalue weighted by atomic mass is 16.5. The van der Waals surface area contributed by atoms with E-state index in [2.05, 4.69) is 29.6 Å². The molecule has 74 valence electrons. The summed E-state index contributed by atoms with van der Waals surface area (Å²) in [5, 5.41) is 3.39. The van der Waals surface area contributed by atoms with Crippen LogP contribution < -0.4 is 10.1 Å². The van der Waals surface area contributed by atoms with E-state index in [9.17, 15) is 0 Å². The minimum absolute atomic E-state index is 0.106. The van der Waals surface area contributed by atoms with Gasteiger partial charge in [-0.2, -0.15) is 0 Å². The Morgan fingerprint density at radius 2 is 2.14 bits per heavy atom. The van der Waals surface area contributed by atoms with E-state index in [4.69, 9.17) is 4.74 Å². The second-order valence-corrected chi connectivity index (χ2v) is 4.32. The molecule has 2 heteroatoms. The number of benzene rings is 1. The van der Waals surface area contributed by atoms with E-state index in [0.717, 1.165) is 38.1 Å². The zero-order valence-electron chi connectivity index (χ0n) is 8.25. The highest BCUT2D eigenvalue weighted by Gasteiger charge is 2.38. The van der Waals surface area contributed by atoms with Gasteiger partial charge in [-0.25, -0.2) is 0 Å². The maximum absolute atomic E-state index is 6.12. The molecule has 3 rings (SSSR count). The highest BCUT2D eigenvalue weighted by molar-refractivity contribution is 5.36. The number of hydrogen-bond donors (Lipinski definition) is 1. The standard InChI is InChI=1S/C12H15NO/c1-2-4-11-10(3-1)5-6-12(14-11)7-8-13-9-12/h1-4,13H,5-9H2/t12-/m1/s1. The van der Waals surface area contributed by atoms with Gasteiger partial charge in [0.1, 0.15) is 11.4 Å². The van der Waals surface area contributed by atoms with Crippen molar-refractivity contribution in [1.82, 2.24) is 5.32 Å². The Bertz CT molecular complexity index is 342. The lowest BCUT2D eigenvalue weighted by Crippen LogP contribution is -2.41. The zero-order valence-corrected chi connectivity index (χ0v) is 8.25. The Hall–Kier alpha value is -1.02. The van der Waals surface area contributed by atoms with Gasteiger partial charge in [0.2, 0.25) is 0 Å². The Balaban J connectivity index is 1.92. The molecule has 1 atom stereocenters. The van der Waals surface area contributed by atoms with Crippen molar-refractivity contribution in [2.24, 2.45) is 0 Å². The lowest BCUT2D eigenvalue weighted by atomic mass is 9.90. The number of aryl methyl sites for hydroxylation is 1. The summed E-state index contributed by atoms with van der Waals surface area (Å²) in [6, 6.07) is 8.41. The summed E-state index contributed by atoms with van der Waals surface area (Å²) < 4.78 is 6.12. The van der Waals surface area contributed by atoms with Gasteiger partial charge >= 0.3 is 0 Å². The van der Waals surface area contributed by atoms with Crippen LogP contribution in [0.25, 0.3) is 0 Å². The summed E-state index contributed by atoms with van der Waals surface area (Å²) in [6.07, 6.45) is 3.48. The molecular formula is C12H15NO. The lowest BCUT2D eigenvalue weighted by molar-refractivity contribution is 0.0665. The summed E-state index contributed by atoms with van der Waals surface area (Å²) in [6.45, 7) is 2.11. The molecule has 1 aromatic carbocycles. The Labute approximate surface area is 84.3 Å². The molecule has 0 amide bonds. The predicted octanol–water partition coefficient (Wildman–Crippen LogP) is 1.74. The van der Waals surface area contributed by atoms with Gasteiger partial charge < -0.3 is 10.1 Å². The minimum Gasteiger partial charge on any atom is -0.486 e. The fraction of sp³-hybridized carbons (Fsp3) is 0.500. The first-order valence-corrected chi connectivity index (χ1v) is 5.36. The van der Waals surface area contributed by atoms with Gasteiger partial charge in [0.15, 0.2) is 0 Å². The van der Waals surface area contributed by atoms with Crippen LogP contribution in [0.5, 0.6) is 5.75 Å². The van der Waals surface area contributed by atoms with E-state index in [1.165, 1.54) is 5.56 Å². The van der Waals surface area contributed by atoms with Gasteiger partial charge in [-0.3, -0.25) is 0 Å². The quantitative estimate of drug-likeness (QED) is 0.671. The fourth-order valence-corrected chi connectivity index (χ4v) is 2.48. The maximum Gasteiger partial charge on any atom is 0.123 e. The number of fused-ring (bicyclic) bond motifs is 1. The van der Waals surface area contributed by atoms with Crippen molar-refractivity contribution in [1.29, 1.82) is 0 Å². The van der Waals surface area contributed by atoms with Crippen molar-refractivity contribution in [3.63, 3.8) is 0 Å². The molecule has 1 saturated heterocycles. The summed E-state index contributed by atoms with van der Waals surface area (Å²) in [7, 11) is 0. The zero-order chi connectivity index (χ0) is 9.43. The molecule has 0 radical (unpaired) electrons. The summed E-state index contributed by atoms with van der Waals surface area (Å²) in [5.41, 5.74) is 1.47. The van der Waals surface area contributed by atoms with Gasteiger partial charge in [-0.1, -0.05) is 18.2 Å². The van der Waals surface area contributed by atoms with Crippen LogP contribution >= 0.6 is 0 Å². The first-order valence-electron chi connectivity index (χ1n) is 5.36. The van der Waals surface area contributed by atoms with Crippen LogP contribution in [0.1, 0.15) is 18.4 Å². The molecule has 1 spiro atoms. The molecule has 0 bridgehead atoms. The van der Waals surface area contributed by atoms with Crippen LogP contribution in [0.15, 0.2) is 24.3 Å². The van der Waals surface area contributed by atoms with E-state index in [1.807, 2.05) is 0 Å². The third kappa shape index (κ3) is 1.22. The summed E-state index contributed by atoms with van der Waals surface area (Å²) in [5.74, 6) is 1.10. The van der Waals surface area contributed by atoms with Gasteiger partial charge in [0.05, 0.1) is 0 Å². The predicted molar refractivity (Wildman–Crippen MR) is 55.6 cm³/mol. The third-order valence-electron chi connectivity index (χ3n) is 3.35. The smallest absolute Gasteiger partial charge is 0.123 e. The maximum atomic E-state index is 6.12. The van der Waals surface area contributed by atoms with Gasteiger partial charge in [0, 0.05) is 13.0 Å². The Morgan fingerprint density at radius 3 is 3.00 bits per heavy atom. The molecule has 2 aliphatic heterocycles. The largest absolute Gasteiger partial charge is 0.486 e. The van der Waals surface area contributed by atoms with Gasteiger partial charge in [-0.05, 0) is 31.0 Å². The van der Waals surface area contributed by atoms with Crippen molar-refractivity contribution < 1.29 is 4.74 Å². The minimum atomic E-state index is 0.106. The topological polar surface area (TPSA) is 21.3 Å². The molecule has 2 aliphatic rings. The number of para-hydroxylation sites is 1. The monoisotopic (exact) mass is 189 g/mol. The second-order valence-electron chi connectivity index (χ2n) is 4.32. The van der Waals surface area contributed by atoms with Crippen LogP contribution in [-0.4, -0.2) is 18.7 Å². The van der Waals surface area contributed by atoms with E-state index < -0.39 is 0 Å². The van der Waals surface area contributed by atoms with Crippen LogP contribution in [-0.2, 0) is 6.42 Å². The first kappa shape index (κ1) is 8.30. The Kier molecular flexibility index (Phi) is 1.77. The van der Waals surface area contributed by atoms with Crippen molar-refractivity contribution in [2.45, 2.75) is 24.9 Å². The molecule has 0 aromatic heterocycles. The summed E-state index contributed by atoms with van der Waals surface area (Å²) in [4.78, 5) is 0. The SMILES string of the molecule is c1ccc2c(c1)CC[C@]1(CCNC1)O2. The molecule has 0 unspecified atom stereocenters. The molecule has 0 aliphatic carbocycles. The number of hydrogen-bond acceptors (Lipinski definition) is 2. The third-order valence-corrected chi connectivity index (χ3v) is 3.35. The second kappa shape index (κ2) is 2.99. The Morgan fingerprint density at radius 1 is 1.21 bits per heavy atom. The highest BCUT2D eigenvalue weighted by Crippen LogP contribution is 2.36. The summed E-state index contributed by atoms with van der Waals surface area (Å²) >= 11 is 0. The number of ether oxygens (including phenoxy) is 1. The molecule has 1 fully saturated rings. The van der Waals surface area contributed by atoms with Crippen LogP contribution in [0.2, 0.25) is 0 Å². The lowest BCUT2D eigenvalue weighted by Gasteiger charge is -2.34. The molecule has 14 heavy (non-hydrogen) atoms. The van der Waals surface area contributed by atoms with Crippen molar-refractivity contribution in [3.05, 3.63) is 29.8 Å². The normalized spacial score (nSPS) is 30.0. The van der Waals surface area contributed by atoms with Crippen molar-refractivity contribution in [3.8, 4) is 5.75 Å². The molecular weight excluding hydrogens is 174 g/mol. The van der Waals surface area contributed by atoms with Crippen molar-refractivity contribution in [2.75, 3.05) is 13.1 Å². The molecule has 2 heterocycles. The van der Waals surface area contributed by atoms with Crippen LogP contribution in [0.3, 0.4) is 0 Å². The van der Waals surface area contributed by atoms with Crippen LogP contribution in [0.4, 0.5) is 0 Å². The molecule has 2 nitrogen and oxygen atoms in total. The van der Waals surface area contributed by atoms with Gasteiger partial charge in [-0.15, -0.1) is 0 Å². The number of rotatable bonds is 0.